The molecule has 1 heterocycles. The second-order valence-corrected chi connectivity index (χ2v) is 1.82. The number of hydrazine groups is 1. The van der Waals surface area contributed by atoms with Crippen LogP contribution in [0.15, 0.2) is 24.5 Å². The minimum absolute atomic E-state index is 0. The number of hydrogen-bond donors (Lipinski definition) is 1. The van der Waals surface area contributed by atoms with Crippen LogP contribution in [0.1, 0.15) is 0 Å². The Kier molecular flexibility index (Phi) is 7.41. The van der Waals surface area contributed by atoms with Crippen molar-refractivity contribution in [2.75, 3.05) is 12.1 Å². The first-order valence-electron chi connectivity index (χ1n) is 2.69. The summed E-state index contributed by atoms with van der Waals surface area (Å²) < 4.78 is 0. The third-order valence-electron chi connectivity index (χ3n) is 1.07. The van der Waals surface area contributed by atoms with E-state index >= 15 is 0 Å². The third kappa shape index (κ3) is 4.03. The van der Waals surface area contributed by atoms with Crippen LogP contribution in [-0.2, 0) is 0 Å². The molecule has 0 aliphatic rings. The molecular formula is C6H11Cl2N3. The van der Waals surface area contributed by atoms with Crippen molar-refractivity contribution in [3.8, 4) is 0 Å². The van der Waals surface area contributed by atoms with Gasteiger partial charge in [0.05, 0.1) is 5.69 Å². The van der Waals surface area contributed by atoms with Gasteiger partial charge in [-0.25, -0.2) is 5.84 Å². The first-order valence-corrected chi connectivity index (χ1v) is 2.69. The molecule has 3 nitrogen and oxygen atoms in total. The Bertz CT molecular complexity index is 178. The molecule has 0 aliphatic carbocycles. The Morgan fingerprint density at radius 3 is 2.00 bits per heavy atom. The van der Waals surface area contributed by atoms with Gasteiger partial charge in [-0.15, -0.1) is 24.8 Å². The Labute approximate surface area is 78.4 Å². The summed E-state index contributed by atoms with van der Waals surface area (Å²) in [5.41, 5.74) is 0.963. The van der Waals surface area contributed by atoms with E-state index in [0.717, 1.165) is 5.69 Å². The zero-order chi connectivity index (χ0) is 6.69. The fourth-order valence-electron chi connectivity index (χ4n) is 0.579. The van der Waals surface area contributed by atoms with E-state index in [9.17, 15) is 0 Å². The number of aromatic nitrogens is 1. The molecular weight excluding hydrogens is 185 g/mol. The molecule has 2 N–H and O–H groups in total. The first-order chi connectivity index (χ1) is 4.30. The number of halogens is 2. The molecule has 0 aromatic carbocycles. The van der Waals surface area contributed by atoms with Crippen LogP contribution in [0.3, 0.4) is 0 Å². The smallest absolute Gasteiger partial charge is 0.0544 e. The standard InChI is InChI=1S/C6H9N3.2ClH/c1-9(7)6-2-4-8-5-3-6;;/h2-5H,7H2,1H3;2*1H. The molecule has 11 heavy (non-hydrogen) atoms. The van der Waals surface area contributed by atoms with E-state index in [0.29, 0.717) is 0 Å². The maximum Gasteiger partial charge on any atom is 0.0544 e. The third-order valence-corrected chi connectivity index (χ3v) is 1.07. The monoisotopic (exact) mass is 195 g/mol. The van der Waals surface area contributed by atoms with E-state index in [2.05, 4.69) is 4.98 Å². The molecule has 0 saturated heterocycles. The summed E-state index contributed by atoms with van der Waals surface area (Å²) in [7, 11) is 1.79. The molecule has 1 aromatic heterocycles. The number of pyridine rings is 1. The first kappa shape index (κ1) is 13.1. The van der Waals surface area contributed by atoms with Crippen molar-refractivity contribution in [3.63, 3.8) is 0 Å². The van der Waals surface area contributed by atoms with Gasteiger partial charge >= 0.3 is 0 Å². The van der Waals surface area contributed by atoms with Gasteiger partial charge in [0.2, 0.25) is 0 Å². The number of anilines is 1. The second-order valence-electron chi connectivity index (χ2n) is 1.82. The zero-order valence-corrected chi connectivity index (χ0v) is 7.73. The summed E-state index contributed by atoms with van der Waals surface area (Å²) in [5, 5.41) is 1.54. The molecule has 0 fully saturated rings. The maximum atomic E-state index is 5.42. The molecule has 0 radical (unpaired) electrons. The highest BCUT2D eigenvalue weighted by molar-refractivity contribution is 5.85. The van der Waals surface area contributed by atoms with Gasteiger partial charge in [-0.05, 0) is 12.1 Å². The van der Waals surface area contributed by atoms with E-state index in [1.807, 2.05) is 12.1 Å². The Hall–Kier alpha value is -0.510. The van der Waals surface area contributed by atoms with Crippen molar-refractivity contribution >= 4 is 30.5 Å². The molecule has 0 amide bonds. The normalized spacial score (nSPS) is 7.45. The lowest BCUT2D eigenvalue weighted by atomic mass is 10.4. The van der Waals surface area contributed by atoms with Crippen LogP contribution < -0.4 is 10.9 Å². The SMILES string of the molecule is CN(N)c1ccncc1.Cl.Cl. The Morgan fingerprint density at radius 2 is 1.73 bits per heavy atom. The van der Waals surface area contributed by atoms with Crippen molar-refractivity contribution in [3.05, 3.63) is 24.5 Å². The number of hydrogen-bond acceptors (Lipinski definition) is 3. The Balaban J connectivity index is 0. The van der Waals surface area contributed by atoms with E-state index in [1.165, 1.54) is 0 Å². The van der Waals surface area contributed by atoms with Crippen LogP contribution in [0.2, 0.25) is 0 Å². The van der Waals surface area contributed by atoms with Gasteiger partial charge < -0.3 is 5.01 Å². The van der Waals surface area contributed by atoms with Gasteiger partial charge in [0.15, 0.2) is 0 Å². The molecule has 0 atom stereocenters. The highest BCUT2D eigenvalue weighted by atomic mass is 35.5. The van der Waals surface area contributed by atoms with Crippen LogP contribution in [0.25, 0.3) is 0 Å². The number of nitrogens with two attached hydrogens (primary N) is 1. The summed E-state index contributed by atoms with van der Waals surface area (Å²) >= 11 is 0. The number of rotatable bonds is 1. The zero-order valence-electron chi connectivity index (χ0n) is 6.10. The molecule has 1 rings (SSSR count). The van der Waals surface area contributed by atoms with Crippen LogP contribution in [0, 0.1) is 0 Å². The predicted molar refractivity (Wildman–Crippen MR) is 51.3 cm³/mol. The summed E-state index contributed by atoms with van der Waals surface area (Å²) in [6.07, 6.45) is 3.41. The molecule has 0 bridgehead atoms. The van der Waals surface area contributed by atoms with Crippen LogP contribution in [-0.4, -0.2) is 12.0 Å². The average Bonchev–Trinajstić information content (AvgIpc) is 1.90. The minimum atomic E-state index is 0. The highest BCUT2D eigenvalue weighted by Crippen LogP contribution is 2.03. The molecule has 5 heteroatoms. The molecule has 64 valence electrons. The quantitative estimate of drug-likeness (QED) is 0.542. The van der Waals surface area contributed by atoms with Gasteiger partial charge in [-0.3, -0.25) is 4.98 Å². The van der Waals surface area contributed by atoms with Gasteiger partial charge in [-0.1, -0.05) is 0 Å². The second kappa shape index (κ2) is 6.22. The van der Waals surface area contributed by atoms with Crippen LogP contribution in [0.5, 0.6) is 0 Å². The van der Waals surface area contributed by atoms with Crippen molar-refractivity contribution in [1.29, 1.82) is 0 Å². The lowest BCUT2D eigenvalue weighted by molar-refractivity contribution is 1.01. The maximum absolute atomic E-state index is 5.42. The molecule has 0 unspecified atom stereocenters. The number of nitrogens with zero attached hydrogens (tertiary/aromatic N) is 2. The van der Waals surface area contributed by atoms with E-state index < -0.39 is 0 Å². The minimum Gasteiger partial charge on any atom is -0.314 e. The van der Waals surface area contributed by atoms with Gasteiger partial charge in [-0.2, -0.15) is 0 Å². The topological polar surface area (TPSA) is 42.1 Å². The summed E-state index contributed by atoms with van der Waals surface area (Å²) in [6.45, 7) is 0. The van der Waals surface area contributed by atoms with Crippen LogP contribution >= 0.6 is 24.8 Å². The molecule has 0 saturated carbocycles. The van der Waals surface area contributed by atoms with Crippen molar-refractivity contribution in [2.45, 2.75) is 0 Å². The largest absolute Gasteiger partial charge is 0.314 e. The van der Waals surface area contributed by atoms with Gasteiger partial charge in [0, 0.05) is 19.4 Å². The lowest BCUT2D eigenvalue weighted by Gasteiger charge is -2.09. The van der Waals surface area contributed by atoms with Gasteiger partial charge in [0.25, 0.3) is 0 Å². The van der Waals surface area contributed by atoms with Crippen molar-refractivity contribution in [1.82, 2.24) is 4.98 Å². The fraction of sp³-hybridized carbons (Fsp3) is 0.167. The van der Waals surface area contributed by atoms with E-state index in [1.54, 1.807) is 24.5 Å². The summed E-state index contributed by atoms with van der Waals surface area (Å²) in [5.74, 6) is 5.42. The van der Waals surface area contributed by atoms with E-state index in [-0.39, 0.29) is 24.8 Å². The summed E-state index contributed by atoms with van der Waals surface area (Å²) in [6, 6.07) is 3.69. The Morgan fingerprint density at radius 1 is 1.27 bits per heavy atom. The fourth-order valence-corrected chi connectivity index (χ4v) is 0.579. The van der Waals surface area contributed by atoms with Crippen molar-refractivity contribution < 1.29 is 0 Å². The van der Waals surface area contributed by atoms with Crippen molar-refractivity contribution in [2.24, 2.45) is 5.84 Å². The average molecular weight is 196 g/mol. The molecule has 0 spiro atoms. The van der Waals surface area contributed by atoms with E-state index in [4.69, 9.17) is 5.84 Å². The lowest BCUT2D eigenvalue weighted by Crippen LogP contribution is -2.24. The van der Waals surface area contributed by atoms with Gasteiger partial charge in [0.1, 0.15) is 0 Å². The molecule has 0 aliphatic heterocycles. The van der Waals surface area contributed by atoms with Crippen LogP contribution in [0.4, 0.5) is 5.69 Å². The molecule has 1 aromatic rings. The summed E-state index contributed by atoms with van der Waals surface area (Å²) in [4.78, 5) is 3.85. The predicted octanol–water partition coefficient (Wildman–Crippen LogP) is 1.24. The highest BCUT2D eigenvalue weighted by Gasteiger charge is 1.88.